The molecule has 0 fully saturated rings. The van der Waals surface area contributed by atoms with Gasteiger partial charge < -0.3 is 15.9 Å². The average molecular weight is 738 g/mol. The largest absolute Gasteiger partial charge is 0.531 e. The van der Waals surface area contributed by atoms with Crippen molar-refractivity contribution < 1.29 is 47.7 Å². The molecule has 0 aromatic heterocycles. The average Bonchev–Trinajstić information content (AvgIpc) is 2.44. The van der Waals surface area contributed by atoms with E-state index in [0.717, 1.165) is 21.8 Å². The zero-order valence-corrected chi connectivity index (χ0v) is 22.0. The monoisotopic (exact) mass is 738 g/mol. The van der Waals surface area contributed by atoms with Crippen LogP contribution in [0, 0.1) is 29.8 Å². The molecule has 2 rings (SSSR count). The van der Waals surface area contributed by atoms with Crippen LogP contribution in [0.15, 0.2) is 24.3 Å². The summed E-state index contributed by atoms with van der Waals surface area (Å²) in [6.45, 7) is 1.93. The van der Waals surface area contributed by atoms with Gasteiger partial charge in [-0.15, -0.1) is 45.2 Å². The summed E-state index contributed by atoms with van der Waals surface area (Å²) >= 11 is 6.28. The van der Waals surface area contributed by atoms with Gasteiger partial charge in [0.25, 0.3) is 0 Å². The van der Waals surface area contributed by atoms with Crippen molar-refractivity contribution in [1.82, 2.24) is 0 Å². The zero-order valence-electron chi connectivity index (χ0n) is 12.7. The molecule has 4 N–H and O–H groups in total. The molecule has 0 saturated carbocycles. The Balaban J connectivity index is 0.000000460. The van der Waals surface area contributed by atoms with Crippen molar-refractivity contribution >= 4 is 73.7 Å². The second kappa shape index (κ2) is 12.4. The van der Waals surface area contributed by atoms with Gasteiger partial charge in [-0.1, -0.05) is 40.2 Å². The molecule has 2 aromatic rings. The van der Waals surface area contributed by atoms with Crippen LogP contribution in [0.2, 0.25) is 0 Å². The van der Waals surface area contributed by atoms with E-state index >= 15 is 0 Å². The molecule has 8 heteroatoms. The van der Waals surface area contributed by atoms with E-state index in [0.29, 0.717) is 12.2 Å². The maximum atomic E-state index is 10.5. The number of phenols is 1. The van der Waals surface area contributed by atoms with Gasteiger partial charge in [0.1, 0.15) is 6.04 Å². The minimum Gasteiger partial charge on any atom is -0.531 e. The van der Waals surface area contributed by atoms with Crippen molar-refractivity contribution in [2.24, 2.45) is 5.73 Å². The molecule has 0 saturated heterocycles. The number of carbonyl (C=O) groups is 1. The molecule has 4 nitrogen and oxygen atoms in total. The van der Waals surface area contributed by atoms with Gasteiger partial charge in [0.05, 0.1) is 0 Å². The number of hydrogen-bond donors (Lipinski definition) is 3. The van der Waals surface area contributed by atoms with Gasteiger partial charge in [-0.3, -0.25) is 4.79 Å². The normalized spacial score (nSPS) is 10.9. The molecule has 0 bridgehead atoms. The first-order valence-corrected chi connectivity index (χ1v) is 9.65. The van der Waals surface area contributed by atoms with Crippen LogP contribution in [0.1, 0.15) is 11.1 Å². The predicted molar refractivity (Wildman–Crippen MR) is 114 cm³/mol. The quantitative estimate of drug-likeness (QED) is 0.332. The van der Waals surface area contributed by atoms with Crippen molar-refractivity contribution in [3.8, 4) is 5.75 Å². The summed E-state index contributed by atoms with van der Waals surface area (Å²) in [5, 5.41) is 17.8. The number of carboxylic acids is 1. The van der Waals surface area contributed by atoms with Crippen LogP contribution in [0.25, 0.3) is 0 Å². The Morgan fingerprint density at radius 3 is 2.21 bits per heavy atom. The summed E-state index contributed by atoms with van der Waals surface area (Å²) in [5.41, 5.74) is 7.39. The number of phenolic OH excluding ortho intramolecular Hbond substituents is 1. The molecule has 24 heavy (non-hydrogen) atoms. The van der Waals surface area contributed by atoms with Gasteiger partial charge in [-0.25, -0.2) is 0 Å². The third-order valence-corrected chi connectivity index (χ3v) is 4.90. The van der Waals surface area contributed by atoms with Crippen molar-refractivity contribution in [3.63, 3.8) is 0 Å². The van der Waals surface area contributed by atoms with Crippen LogP contribution in [-0.2, 0) is 43.9 Å². The van der Waals surface area contributed by atoms with E-state index in [1.165, 1.54) is 0 Å². The summed E-state index contributed by atoms with van der Waals surface area (Å²) < 4.78 is 2.68. The van der Waals surface area contributed by atoms with Crippen molar-refractivity contribution in [1.29, 1.82) is 0 Å². The third-order valence-electron chi connectivity index (χ3n) is 2.68. The second-order valence-electron chi connectivity index (χ2n) is 4.67. The molecular formula is C16H14I3NO3Y-2. The van der Waals surface area contributed by atoms with E-state index in [-0.39, 0.29) is 32.7 Å². The second-order valence-corrected chi connectivity index (χ2v) is 8.15. The summed E-state index contributed by atoms with van der Waals surface area (Å²) in [5.74, 6) is -0.611. The van der Waals surface area contributed by atoms with Crippen LogP contribution in [0.4, 0.5) is 0 Å². The van der Waals surface area contributed by atoms with E-state index in [2.05, 4.69) is 79.9 Å². The maximum absolute atomic E-state index is 10.5. The zero-order chi connectivity index (χ0) is 17.6. The van der Waals surface area contributed by atoms with E-state index in [1.54, 1.807) is 12.1 Å². The van der Waals surface area contributed by atoms with Gasteiger partial charge >= 0.3 is 5.97 Å². The Labute approximate surface area is 207 Å². The number of aryl methyl sites for hydroxylation is 1. The van der Waals surface area contributed by atoms with Gasteiger partial charge in [0.15, 0.2) is 0 Å². The number of hydrogen-bond acceptors (Lipinski definition) is 3. The summed E-state index contributed by atoms with van der Waals surface area (Å²) in [6, 6.07) is 12.5. The Hall–Kier alpha value is 0.964. The first kappa shape index (κ1) is 25.0. The number of rotatable bonds is 3. The minimum absolute atomic E-state index is 0. The SMILES string of the molecule is Cc1[c-]c(I)cc(CC(N)C(=O)O)c1.Oc1c(I)c[c-]cc1I.[Y]. The fourth-order valence-electron chi connectivity index (χ4n) is 1.64. The Morgan fingerprint density at radius 2 is 1.79 bits per heavy atom. The Bertz CT molecular complexity index is 658. The van der Waals surface area contributed by atoms with E-state index in [1.807, 2.05) is 19.1 Å². The van der Waals surface area contributed by atoms with Crippen LogP contribution in [-0.4, -0.2) is 22.2 Å². The first-order valence-electron chi connectivity index (χ1n) is 6.41. The topological polar surface area (TPSA) is 83.6 Å². The van der Waals surface area contributed by atoms with Gasteiger partial charge in [-0.05, 0) is 6.42 Å². The fraction of sp³-hybridized carbons (Fsp3) is 0.188. The molecule has 0 aliphatic carbocycles. The molecule has 2 aromatic carbocycles. The molecular weight excluding hydrogens is 724 g/mol. The number of nitrogens with two attached hydrogens (primary N) is 1. The van der Waals surface area contributed by atoms with Crippen molar-refractivity contribution in [2.75, 3.05) is 0 Å². The third kappa shape index (κ3) is 9.06. The molecule has 0 spiro atoms. The Kier molecular flexibility index (Phi) is 12.9. The molecule has 1 atom stereocenters. The molecule has 0 aliphatic heterocycles. The van der Waals surface area contributed by atoms with E-state index < -0.39 is 12.0 Å². The fourth-order valence-corrected chi connectivity index (χ4v) is 3.92. The first-order chi connectivity index (χ1) is 10.7. The Morgan fingerprint density at radius 1 is 1.25 bits per heavy atom. The summed E-state index contributed by atoms with van der Waals surface area (Å²) in [6.07, 6.45) is 0.362. The molecule has 1 unspecified atom stereocenters. The van der Waals surface area contributed by atoms with E-state index in [9.17, 15) is 9.90 Å². The summed E-state index contributed by atoms with van der Waals surface area (Å²) in [7, 11) is 0. The number of carboxylic acid groups (broad SMARTS) is 1. The maximum Gasteiger partial charge on any atom is 0.320 e. The van der Waals surface area contributed by atoms with Crippen LogP contribution in [0.3, 0.4) is 0 Å². The van der Waals surface area contributed by atoms with Gasteiger partial charge in [-0.2, -0.15) is 47.5 Å². The number of aliphatic carboxylic acids is 1. The smallest absolute Gasteiger partial charge is 0.320 e. The predicted octanol–water partition coefficient (Wildman–Crippen LogP) is 3.75. The van der Waals surface area contributed by atoms with Gasteiger partial charge in [0.2, 0.25) is 0 Å². The van der Waals surface area contributed by atoms with Crippen molar-refractivity contribution in [2.45, 2.75) is 19.4 Å². The molecule has 0 heterocycles. The summed E-state index contributed by atoms with van der Waals surface area (Å²) in [4.78, 5) is 10.5. The van der Waals surface area contributed by atoms with E-state index in [4.69, 9.17) is 10.8 Å². The van der Waals surface area contributed by atoms with Gasteiger partial charge in [0, 0.05) is 38.5 Å². The number of aromatic hydroxyl groups is 1. The van der Waals surface area contributed by atoms with Crippen LogP contribution < -0.4 is 5.73 Å². The molecule has 127 valence electrons. The number of benzene rings is 2. The standard InChI is InChI=1S/C10H11INO2.C6H3I2O.Y/c1-6-2-7(4-8(11)3-6)5-9(12)10(13)14;7-4-2-1-3-5(8)6(4)9;/h2,4,9H,5,12H2,1H3,(H,13,14);2-3,9H;/q2*-1;. The number of halogens is 3. The van der Waals surface area contributed by atoms with Crippen LogP contribution >= 0.6 is 67.8 Å². The molecule has 0 amide bonds. The van der Waals surface area contributed by atoms with Crippen molar-refractivity contribution in [3.05, 3.63) is 58.2 Å². The molecule has 0 aliphatic rings. The van der Waals surface area contributed by atoms with Crippen LogP contribution in [0.5, 0.6) is 5.75 Å². The minimum atomic E-state index is -0.967. The molecule has 1 radical (unpaired) electrons.